The molecule has 0 radical (unpaired) electrons. The summed E-state index contributed by atoms with van der Waals surface area (Å²) in [7, 11) is 0. The second kappa shape index (κ2) is 4.40. The van der Waals surface area contributed by atoms with Crippen molar-refractivity contribution in [2.45, 2.75) is 13.3 Å². The summed E-state index contributed by atoms with van der Waals surface area (Å²) in [6.07, 6.45) is 4.45. The van der Waals surface area contributed by atoms with Crippen LogP contribution in [0.2, 0.25) is 0 Å². The Morgan fingerprint density at radius 2 is 2.00 bits per heavy atom. The summed E-state index contributed by atoms with van der Waals surface area (Å²) in [4.78, 5) is 4.28. The molecule has 0 amide bonds. The number of para-hydroxylation sites is 1. The monoisotopic (exact) mass is 240 g/mol. The summed E-state index contributed by atoms with van der Waals surface area (Å²) in [5.41, 5.74) is 0.924. The van der Waals surface area contributed by atoms with Gasteiger partial charge >= 0.3 is 0 Å². The Bertz CT molecular complexity index is 639. The van der Waals surface area contributed by atoms with Gasteiger partial charge in [-0.2, -0.15) is 4.68 Å². The van der Waals surface area contributed by atoms with Gasteiger partial charge < -0.3 is 0 Å². The van der Waals surface area contributed by atoms with Crippen molar-refractivity contribution in [3.8, 4) is 11.6 Å². The van der Waals surface area contributed by atoms with E-state index in [9.17, 15) is 0 Å². The Balaban J connectivity index is 2.13. The van der Waals surface area contributed by atoms with Crippen molar-refractivity contribution in [1.29, 1.82) is 0 Å². The number of hydrogen-bond acceptors (Lipinski definition) is 4. The Morgan fingerprint density at radius 1 is 1.17 bits per heavy atom. The van der Waals surface area contributed by atoms with Crippen LogP contribution >= 0.6 is 0 Å². The molecule has 0 N–H and O–H groups in total. The fraction of sp³-hybridized carbons (Fsp3) is 0.167. The number of rotatable bonds is 3. The molecule has 0 saturated carbocycles. The van der Waals surface area contributed by atoms with Crippen LogP contribution in [0.4, 0.5) is 0 Å². The molecule has 0 aliphatic carbocycles. The molecule has 1 aromatic carbocycles. The minimum atomic E-state index is 0.649. The molecule has 3 rings (SSSR count). The standard InChI is InChI=1S/C12H12N6/c1-2-11-13-8-9-17(11)12-14-15-16-18(12)10-6-4-3-5-7-10/h3-9H,2H2,1H3. The molecule has 0 spiro atoms. The quantitative estimate of drug-likeness (QED) is 0.694. The first-order valence-corrected chi connectivity index (χ1v) is 5.76. The highest BCUT2D eigenvalue weighted by Gasteiger charge is 2.12. The zero-order chi connectivity index (χ0) is 12.4. The molecule has 0 unspecified atom stereocenters. The van der Waals surface area contributed by atoms with Crippen LogP contribution in [0.15, 0.2) is 42.7 Å². The Kier molecular flexibility index (Phi) is 2.60. The Hall–Kier alpha value is -2.50. The van der Waals surface area contributed by atoms with Crippen LogP contribution in [0.1, 0.15) is 12.7 Å². The molecule has 90 valence electrons. The molecular weight excluding hydrogens is 228 g/mol. The summed E-state index contributed by atoms with van der Waals surface area (Å²) in [5.74, 6) is 1.58. The van der Waals surface area contributed by atoms with E-state index in [0.29, 0.717) is 5.95 Å². The number of imidazole rings is 1. The van der Waals surface area contributed by atoms with E-state index in [1.807, 2.05) is 41.1 Å². The zero-order valence-corrected chi connectivity index (χ0v) is 9.93. The lowest BCUT2D eigenvalue weighted by molar-refractivity contribution is 0.757. The first-order valence-electron chi connectivity index (χ1n) is 5.76. The maximum absolute atomic E-state index is 4.28. The van der Waals surface area contributed by atoms with E-state index in [1.54, 1.807) is 10.9 Å². The van der Waals surface area contributed by atoms with Crippen LogP contribution < -0.4 is 0 Å². The second-order valence-corrected chi connectivity index (χ2v) is 3.79. The minimum Gasteiger partial charge on any atom is -0.270 e. The van der Waals surface area contributed by atoms with E-state index < -0.39 is 0 Å². The van der Waals surface area contributed by atoms with E-state index in [2.05, 4.69) is 27.4 Å². The van der Waals surface area contributed by atoms with Crippen molar-refractivity contribution in [2.75, 3.05) is 0 Å². The molecular formula is C12H12N6. The summed E-state index contributed by atoms with van der Waals surface area (Å²) in [6.45, 7) is 2.05. The maximum atomic E-state index is 4.28. The molecule has 0 fully saturated rings. The van der Waals surface area contributed by atoms with Gasteiger partial charge in [0.2, 0.25) is 0 Å². The van der Waals surface area contributed by atoms with E-state index in [0.717, 1.165) is 17.9 Å². The third-order valence-corrected chi connectivity index (χ3v) is 2.70. The average Bonchev–Trinajstić information content (AvgIpc) is 3.07. The van der Waals surface area contributed by atoms with Gasteiger partial charge in [0.15, 0.2) is 0 Å². The van der Waals surface area contributed by atoms with Crippen molar-refractivity contribution in [2.24, 2.45) is 0 Å². The van der Waals surface area contributed by atoms with Gasteiger partial charge in [-0.25, -0.2) is 4.98 Å². The van der Waals surface area contributed by atoms with Gasteiger partial charge in [0.05, 0.1) is 5.69 Å². The van der Waals surface area contributed by atoms with Gasteiger partial charge in [0, 0.05) is 18.8 Å². The van der Waals surface area contributed by atoms with Crippen LogP contribution in [0.25, 0.3) is 11.6 Å². The van der Waals surface area contributed by atoms with Gasteiger partial charge in [-0.1, -0.05) is 30.2 Å². The second-order valence-electron chi connectivity index (χ2n) is 3.79. The van der Waals surface area contributed by atoms with E-state index in [4.69, 9.17) is 0 Å². The van der Waals surface area contributed by atoms with Gasteiger partial charge in [0.25, 0.3) is 5.95 Å². The van der Waals surface area contributed by atoms with Gasteiger partial charge in [-0.3, -0.25) is 4.57 Å². The topological polar surface area (TPSA) is 61.4 Å². The molecule has 18 heavy (non-hydrogen) atoms. The molecule has 0 bridgehead atoms. The van der Waals surface area contributed by atoms with Crippen LogP contribution in [0.5, 0.6) is 0 Å². The lowest BCUT2D eigenvalue weighted by Gasteiger charge is -2.06. The van der Waals surface area contributed by atoms with E-state index in [1.165, 1.54) is 0 Å². The first kappa shape index (κ1) is 10.6. The largest absolute Gasteiger partial charge is 0.270 e. The highest BCUT2D eigenvalue weighted by Crippen LogP contribution is 2.12. The molecule has 2 heterocycles. The maximum Gasteiger partial charge on any atom is 0.259 e. The lowest BCUT2D eigenvalue weighted by atomic mass is 10.3. The predicted molar refractivity (Wildman–Crippen MR) is 65.7 cm³/mol. The average molecular weight is 240 g/mol. The molecule has 6 nitrogen and oxygen atoms in total. The van der Waals surface area contributed by atoms with Crippen LogP contribution in [-0.4, -0.2) is 29.8 Å². The van der Waals surface area contributed by atoms with Crippen molar-refractivity contribution in [3.05, 3.63) is 48.5 Å². The normalized spacial score (nSPS) is 10.7. The molecule has 0 atom stereocenters. The number of aromatic nitrogens is 6. The van der Waals surface area contributed by atoms with Crippen molar-refractivity contribution in [1.82, 2.24) is 29.8 Å². The summed E-state index contributed by atoms with van der Waals surface area (Å²) in [5, 5.41) is 11.8. The molecule has 2 aromatic heterocycles. The van der Waals surface area contributed by atoms with Gasteiger partial charge in [0.1, 0.15) is 5.82 Å². The molecule has 0 saturated heterocycles. The fourth-order valence-electron chi connectivity index (χ4n) is 1.85. The summed E-state index contributed by atoms with van der Waals surface area (Å²) >= 11 is 0. The SMILES string of the molecule is CCc1nccn1-c1nnnn1-c1ccccc1. The van der Waals surface area contributed by atoms with Gasteiger partial charge in [-0.05, 0) is 22.6 Å². The molecule has 6 heteroatoms. The van der Waals surface area contributed by atoms with Crippen molar-refractivity contribution >= 4 is 0 Å². The first-order chi connectivity index (χ1) is 8.90. The minimum absolute atomic E-state index is 0.649. The lowest BCUT2D eigenvalue weighted by Crippen LogP contribution is -2.08. The van der Waals surface area contributed by atoms with Crippen LogP contribution in [0, 0.1) is 0 Å². The summed E-state index contributed by atoms with van der Waals surface area (Å²) in [6, 6.07) is 9.79. The van der Waals surface area contributed by atoms with Gasteiger partial charge in [-0.15, -0.1) is 0 Å². The zero-order valence-electron chi connectivity index (χ0n) is 9.93. The molecule has 3 aromatic rings. The molecule has 0 aliphatic heterocycles. The third kappa shape index (κ3) is 1.67. The van der Waals surface area contributed by atoms with Crippen LogP contribution in [0.3, 0.4) is 0 Å². The van der Waals surface area contributed by atoms with E-state index >= 15 is 0 Å². The predicted octanol–water partition coefficient (Wildman–Crippen LogP) is 1.41. The smallest absolute Gasteiger partial charge is 0.259 e. The number of aryl methyl sites for hydroxylation is 1. The highest BCUT2D eigenvalue weighted by molar-refractivity contribution is 5.34. The highest BCUT2D eigenvalue weighted by atomic mass is 15.6. The van der Waals surface area contributed by atoms with Crippen LogP contribution in [-0.2, 0) is 6.42 Å². The summed E-state index contributed by atoms with van der Waals surface area (Å²) < 4.78 is 3.59. The Labute approximate surface area is 104 Å². The number of benzene rings is 1. The van der Waals surface area contributed by atoms with E-state index in [-0.39, 0.29) is 0 Å². The number of tetrazole rings is 1. The fourth-order valence-corrected chi connectivity index (χ4v) is 1.85. The van der Waals surface area contributed by atoms with Crippen molar-refractivity contribution < 1.29 is 0 Å². The molecule has 0 aliphatic rings. The number of hydrogen-bond donors (Lipinski definition) is 0. The van der Waals surface area contributed by atoms with Crippen molar-refractivity contribution in [3.63, 3.8) is 0 Å². The third-order valence-electron chi connectivity index (χ3n) is 2.70. The number of nitrogens with zero attached hydrogens (tertiary/aromatic N) is 6. The Morgan fingerprint density at radius 3 is 2.78 bits per heavy atom.